The number of hydrogen-bond donors (Lipinski definition) is 0. The van der Waals surface area contributed by atoms with Crippen LogP contribution in [0.3, 0.4) is 0 Å². The molecule has 1 heterocycles. The van der Waals surface area contributed by atoms with Gasteiger partial charge in [0.25, 0.3) is 5.91 Å². The first-order chi connectivity index (χ1) is 12.1. The van der Waals surface area contributed by atoms with Crippen molar-refractivity contribution in [2.45, 2.75) is 19.4 Å². The SMILES string of the molecule is COc1ccccc1CC(C)N(C)C(=O)c1nccc2ccccc12. The molecule has 128 valence electrons. The fraction of sp³-hybridized carbons (Fsp3) is 0.238. The van der Waals surface area contributed by atoms with Gasteiger partial charge in [-0.05, 0) is 36.4 Å². The minimum atomic E-state index is -0.0702. The third-order valence-electron chi connectivity index (χ3n) is 4.57. The van der Waals surface area contributed by atoms with E-state index in [2.05, 4.69) is 4.98 Å². The first kappa shape index (κ1) is 17.0. The van der Waals surface area contributed by atoms with Crippen LogP contribution in [0.1, 0.15) is 23.0 Å². The average Bonchev–Trinajstić information content (AvgIpc) is 2.66. The Hall–Kier alpha value is -2.88. The van der Waals surface area contributed by atoms with Crippen molar-refractivity contribution in [3.05, 3.63) is 72.1 Å². The van der Waals surface area contributed by atoms with E-state index in [4.69, 9.17) is 4.74 Å². The lowest BCUT2D eigenvalue weighted by Gasteiger charge is -2.25. The predicted molar refractivity (Wildman–Crippen MR) is 100.0 cm³/mol. The number of amides is 1. The van der Waals surface area contributed by atoms with Gasteiger partial charge in [-0.25, -0.2) is 0 Å². The van der Waals surface area contributed by atoms with Gasteiger partial charge in [0.15, 0.2) is 0 Å². The monoisotopic (exact) mass is 334 g/mol. The minimum absolute atomic E-state index is 0.0181. The Labute approximate surface area is 148 Å². The van der Waals surface area contributed by atoms with Crippen LogP contribution in [0, 0.1) is 0 Å². The maximum atomic E-state index is 13.0. The second kappa shape index (κ2) is 7.34. The number of carbonyl (C=O) groups is 1. The molecule has 1 amide bonds. The molecular weight excluding hydrogens is 312 g/mol. The highest BCUT2D eigenvalue weighted by atomic mass is 16.5. The van der Waals surface area contributed by atoms with Crippen LogP contribution >= 0.6 is 0 Å². The molecule has 3 rings (SSSR count). The summed E-state index contributed by atoms with van der Waals surface area (Å²) in [5.41, 5.74) is 1.58. The van der Waals surface area contributed by atoms with Crippen LogP contribution in [0.4, 0.5) is 0 Å². The van der Waals surface area contributed by atoms with Gasteiger partial charge in [-0.3, -0.25) is 9.78 Å². The summed E-state index contributed by atoms with van der Waals surface area (Å²) >= 11 is 0. The van der Waals surface area contributed by atoms with E-state index in [0.29, 0.717) is 5.69 Å². The molecular formula is C21H22N2O2. The molecule has 0 aliphatic rings. The molecule has 0 N–H and O–H groups in total. The van der Waals surface area contributed by atoms with Gasteiger partial charge in [-0.2, -0.15) is 0 Å². The number of hydrogen-bond acceptors (Lipinski definition) is 3. The first-order valence-corrected chi connectivity index (χ1v) is 8.34. The molecule has 0 saturated carbocycles. The Morgan fingerprint density at radius 2 is 1.84 bits per heavy atom. The highest BCUT2D eigenvalue weighted by Gasteiger charge is 2.21. The topological polar surface area (TPSA) is 42.4 Å². The number of methoxy groups -OCH3 is 1. The summed E-state index contributed by atoms with van der Waals surface area (Å²) in [4.78, 5) is 19.1. The molecule has 4 nitrogen and oxygen atoms in total. The molecule has 0 aliphatic carbocycles. The second-order valence-corrected chi connectivity index (χ2v) is 6.16. The van der Waals surface area contributed by atoms with Gasteiger partial charge in [0.05, 0.1) is 7.11 Å². The van der Waals surface area contributed by atoms with E-state index in [9.17, 15) is 4.79 Å². The lowest BCUT2D eigenvalue weighted by molar-refractivity contribution is 0.0739. The van der Waals surface area contributed by atoms with E-state index in [1.807, 2.05) is 68.6 Å². The molecule has 0 fully saturated rings. The third kappa shape index (κ3) is 3.48. The summed E-state index contributed by atoms with van der Waals surface area (Å²) in [6.45, 7) is 2.04. The molecule has 1 unspecified atom stereocenters. The highest BCUT2D eigenvalue weighted by molar-refractivity contribution is 6.05. The van der Waals surface area contributed by atoms with Crippen LogP contribution in [-0.4, -0.2) is 36.0 Å². The molecule has 0 aliphatic heterocycles. The van der Waals surface area contributed by atoms with Gasteiger partial charge in [0.1, 0.15) is 11.4 Å². The number of likely N-dealkylation sites (N-methyl/N-ethyl adjacent to an activating group) is 1. The molecule has 1 atom stereocenters. The number of carbonyl (C=O) groups excluding carboxylic acids is 1. The standard InChI is InChI=1S/C21H22N2O2/c1-15(14-17-9-5-7-11-19(17)25-3)23(2)21(24)20-18-10-6-4-8-16(18)12-13-22-20/h4-13,15H,14H2,1-3H3. The fourth-order valence-electron chi connectivity index (χ4n) is 2.98. The van der Waals surface area contributed by atoms with Crippen LogP contribution in [0.25, 0.3) is 10.8 Å². The zero-order chi connectivity index (χ0) is 17.8. The van der Waals surface area contributed by atoms with Crippen LogP contribution in [0.15, 0.2) is 60.8 Å². The van der Waals surface area contributed by atoms with Crippen molar-refractivity contribution in [2.24, 2.45) is 0 Å². The van der Waals surface area contributed by atoms with Crippen molar-refractivity contribution in [2.75, 3.05) is 14.2 Å². The van der Waals surface area contributed by atoms with Gasteiger partial charge in [-0.15, -0.1) is 0 Å². The van der Waals surface area contributed by atoms with Gasteiger partial charge in [0, 0.05) is 24.7 Å². The highest BCUT2D eigenvalue weighted by Crippen LogP contribution is 2.22. The molecule has 0 bridgehead atoms. The van der Waals surface area contributed by atoms with E-state index in [1.165, 1.54) is 0 Å². The number of para-hydroxylation sites is 1. The fourth-order valence-corrected chi connectivity index (χ4v) is 2.98. The predicted octanol–water partition coefficient (Wildman–Crippen LogP) is 3.95. The van der Waals surface area contributed by atoms with Gasteiger partial charge >= 0.3 is 0 Å². The second-order valence-electron chi connectivity index (χ2n) is 6.16. The lowest BCUT2D eigenvalue weighted by atomic mass is 10.0. The summed E-state index contributed by atoms with van der Waals surface area (Å²) < 4.78 is 5.41. The molecule has 4 heteroatoms. The summed E-state index contributed by atoms with van der Waals surface area (Å²) in [6, 6.07) is 17.7. The normalized spacial score (nSPS) is 12.0. The number of benzene rings is 2. The summed E-state index contributed by atoms with van der Waals surface area (Å²) in [5.74, 6) is 0.776. The first-order valence-electron chi connectivity index (χ1n) is 8.34. The molecule has 0 spiro atoms. The number of nitrogens with zero attached hydrogens (tertiary/aromatic N) is 2. The lowest BCUT2D eigenvalue weighted by Crippen LogP contribution is -2.37. The average molecular weight is 334 g/mol. The van der Waals surface area contributed by atoms with Crippen molar-refractivity contribution >= 4 is 16.7 Å². The number of fused-ring (bicyclic) bond motifs is 1. The van der Waals surface area contributed by atoms with Crippen molar-refractivity contribution in [3.8, 4) is 5.75 Å². The largest absolute Gasteiger partial charge is 0.496 e. The van der Waals surface area contributed by atoms with Gasteiger partial charge in [0.2, 0.25) is 0 Å². The number of aromatic nitrogens is 1. The quantitative estimate of drug-likeness (QED) is 0.709. The van der Waals surface area contributed by atoms with Crippen molar-refractivity contribution in [1.82, 2.24) is 9.88 Å². The number of pyridine rings is 1. The van der Waals surface area contributed by atoms with Crippen LogP contribution in [0.2, 0.25) is 0 Å². The van der Waals surface area contributed by atoms with E-state index >= 15 is 0 Å². The Morgan fingerprint density at radius 3 is 2.64 bits per heavy atom. The van der Waals surface area contributed by atoms with E-state index < -0.39 is 0 Å². The zero-order valence-electron chi connectivity index (χ0n) is 14.8. The smallest absolute Gasteiger partial charge is 0.273 e. The zero-order valence-corrected chi connectivity index (χ0v) is 14.8. The molecule has 0 saturated heterocycles. The number of rotatable bonds is 5. The van der Waals surface area contributed by atoms with Crippen molar-refractivity contribution in [1.29, 1.82) is 0 Å². The summed E-state index contributed by atoms with van der Waals surface area (Å²) in [5, 5.41) is 1.90. The Kier molecular flexibility index (Phi) is 4.98. The molecule has 25 heavy (non-hydrogen) atoms. The summed E-state index contributed by atoms with van der Waals surface area (Å²) in [7, 11) is 3.49. The number of ether oxygens (including phenoxy) is 1. The van der Waals surface area contributed by atoms with Gasteiger partial charge in [-0.1, -0.05) is 42.5 Å². The Morgan fingerprint density at radius 1 is 1.12 bits per heavy atom. The molecule has 0 radical (unpaired) electrons. The summed E-state index contributed by atoms with van der Waals surface area (Å²) in [6.07, 6.45) is 2.41. The van der Waals surface area contributed by atoms with E-state index in [0.717, 1.165) is 28.5 Å². The van der Waals surface area contributed by atoms with Crippen LogP contribution in [-0.2, 0) is 6.42 Å². The van der Waals surface area contributed by atoms with Gasteiger partial charge < -0.3 is 9.64 Å². The molecule has 1 aromatic heterocycles. The van der Waals surface area contributed by atoms with E-state index in [-0.39, 0.29) is 11.9 Å². The van der Waals surface area contributed by atoms with E-state index in [1.54, 1.807) is 18.2 Å². The minimum Gasteiger partial charge on any atom is -0.496 e. The van der Waals surface area contributed by atoms with Crippen molar-refractivity contribution in [3.63, 3.8) is 0 Å². The Bertz CT molecular complexity index is 886. The Balaban J connectivity index is 1.84. The van der Waals surface area contributed by atoms with Crippen molar-refractivity contribution < 1.29 is 9.53 Å². The van der Waals surface area contributed by atoms with Crippen LogP contribution < -0.4 is 4.74 Å². The molecule has 3 aromatic rings. The molecule has 2 aromatic carbocycles. The van der Waals surface area contributed by atoms with Crippen LogP contribution in [0.5, 0.6) is 5.75 Å². The third-order valence-corrected chi connectivity index (χ3v) is 4.57. The maximum Gasteiger partial charge on any atom is 0.273 e. The maximum absolute atomic E-state index is 13.0.